The van der Waals surface area contributed by atoms with Crippen LogP contribution in [0.2, 0.25) is 0 Å². The van der Waals surface area contributed by atoms with Crippen molar-refractivity contribution < 1.29 is 14.6 Å². The van der Waals surface area contributed by atoms with Gasteiger partial charge in [-0.3, -0.25) is 4.79 Å². The molecule has 0 aromatic heterocycles. The number of aliphatic hydroxyl groups is 1. The second-order valence-corrected chi connectivity index (χ2v) is 3.72. The third kappa shape index (κ3) is 4.17. The van der Waals surface area contributed by atoms with E-state index in [1.165, 1.54) is 0 Å². The van der Waals surface area contributed by atoms with E-state index in [2.05, 4.69) is 5.32 Å². The lowest BCUT2D eigenvalue weighted by Gasteiger charge is -2.20. The molecule has 17 heavy (non-hydrogen) atoms. The van der Waals surface area contributed by atoms with E-state index < -0.39 is 12.2 Å². The van der Waals surface area contributed by atoms with Gasteiger partial charge < -0.3 is 15.2 Å². The van der Waals surface area contributed by atoms with Crippen LogP contribution in [0.5, 0.6) is 0 Å². The molecule has 0 fully saturated rings. The van der Waals surface area contributed by atoms with Crippen molar-refractivity contribution in [2.24, 2.45) is 5.92 Å². The fraction of sp³-hybridized carbons (Fsp3) is 0.462. The van der Waals surface area contributed by atoms with E-state index in [1.54, 1.807) is 19.1 Å². The third-order valence-corrected chi connectivity index (χ3v) is 2.50. The predicted octanol–water partition coefficient (Wildman–Crippen LogP) is 2.01. The molecule has 2 unspecified atom stereocenters. The fourth-order valence-corrected chi connectivity index (χ4v) is 1.56. The maximum Gasteiger partial charge on any atom is 0.232 e. The Morgan fingerprint density at radius 2 is 2.00 bits per heavy atom. The molecule has 0 bridgehead atoms. The molecule has 0 saturated heterocycles. The Kier molecular flexibility index (Phi) is 5.66. The van der Waals surface area contributed by atoms with E-state index in [4.69, 9.17) is 4.74 Å². The van der Waals surface area contributed by atoms with Gasteiger partial charge in [0.05, 0.1) is 5.92 Å². The molecule has 2 atom stereocenters. The summed E-state index contributed by atoms with van der Waals surface area (Å²) in [5.41, 5.74) is 0.722. The average Bonchev–Trinajstić information content (AvgIpc) is 2.31. The Hall–Kier alpha value is -1.39. The summed E-state index contributed by atoms with van der Waals surface area (Å²) in [4.78, 5) is 11.9. The van der Waals surface area contributed by atoms with Gasteiger partial charge in [0.1, 0.15) is 0 Å². The van der Waals surface area contributed by atoms with Crippen LogP contribution in [0.25, 0.3) is 0 Å². The van der Waals surface area contributed by atoms with Crippen molar-refractivity contribution in [1.82, 2.24) is 0 Å². The monoisotopic (exact) mass is 237 g/mol. The molecule has 1 amide bonds. The first kappa shape index (κ1) is 13.7. The molecular formula is C13H19NO3. The van der Waals surface area contributed by atoms with Crippen LogP contribution in [0.3, 0.4) is 0 Å². The number of carbonyl (C=O) groups excluding carboxylic acids is 1. The molecule has 4 heteroatoms. The second-order valence-electron chi connectivity index (χ2n) is 3.72. The van der Waals surface area contributed by atoms with Gasteiger partial charge in [0.25, 0.3) is 0 Å². The molecule has 0 aliphatic heterocycles. The number of hydrogen-bond acceptors (Lipinski definition) is 3. The molecule has 0 aliphatic carbocycles. The van der Waals surface area contributed by atoms with Crippen molar-refractivity contribution in [3.05, 3.63) is 30.3 Å². The van der Waals surface area contributed by atoms with Crippen LogP contribution in [0.15, 0.2) is 30.3 Å². The molecule has 0 aliphatic rings. The second kappa shape index (κ2) is 7.04. The zero-order valence-corrected chi connectivity index (χ0v) is 10.2. The molecule has 2 N–H and O–H groups in total. The van der Waals surface area contributed by atoms with Crippen LogP contribution in [-0.2, 0) is 9.53 Å². The minimum atomic E-state index is -1.05. The minimum Gasteiger partial charge on any atom is -0.367 e. The lowest BCUT2D eigenvalue weighted by molar-refractivity contribution is -0.151. The van der Waals surface area contributed by atoms with Gasteiger partial charge in [0, 0.05) is 12.3 Å². The van der Waals surface area contributed by atoms with Crippen molar-refractivity contribution >= 4 is 11.6 Å². The van der Waals surface area contributed by atoms with Crippen molar-refractivity contribution in [3.8, 4) is 0 Å². The van der Waals surface area contributed by atoms with Gasteiger partial charge in [-0.2, -0.15) is 0 Å². The zero-order valence-electron chi connectivity index (χ0n) is 10.2. The van der Waals surface area contributed by atoms with Gasteiger partial charge >= 0.3 is 0 Å². The van der Waals surface area contributed by atoms with Gasteiger partial charge in [0.2, 0.25) is 5.91 Å². The van der Waals surface area contributed by atoms with E-state index in [-0.39, 0.29) is 5.91 Å². The molecule has 1 aromatic carbocycles. The highest BCUT2D eigenvalue weighted by molar-refractivity contribution is 5.92. The van der Waals surface area contributed by atoms with E-state index in [0.29, 0.717) is 13.0 Å². The number of carbonyl (C=O) groups is 1. The van der Waals surface area contributed by atoms with Crippen LogP contribution in [0, 0.1) is 5.92 Å². The Balaban J connectivity index is 2.61. The highest BCUT2D eigenvalue weighted by Crippen LogP contribution is 2.14. The van der Waals surface area contributed by atoms with Crippen molar-refractivity contribution in [3.63, 3.8) is 0 Å². The highest BCUT2D eigenvalue weighted by Gasteiger charge is 2.25. The van der Waals surface area contributed by atoms with Gasteiger partial charge in [-0.1, -0.05) is 25.1 Å². The zero-order chi connectivity index (χ0) is 12.7. The lowest BCUT2D eigenvalue weighted by Crippen LogP contribution is -2.34. The number of hydrogen-bond donors (Lipinski definition) is 2. The van der Waals surface area contributed by atoms with Gasteiger partial charge in [-0.05, 0) is 25.5 Å². The summed E-state index contributed by atoms with van der Waals surface area (Å²) in [7, 11) is 0. The summed E-state index contributed by atoms with van der Waals surface area (Å²) >= 11 is 0. The lowest BCUT2D eigenvalue weighted by atomic mass is 10.1. The molecule has 4 nitrogen and oxygen atoms in total. The normalized spacial score (nSPS) is 14.1. The van der Waals surface area contributed by atoms with Crippen molar-refractivity contribution in [2.45, 2.75) is 26.6 Å². The number of nitrogens with one attached hydrogen (secondary N) is 1. The summed E-state index contributed by atoms with van der Waals surface area (Å²) in [6, 6.07) is 9.17. The van der Waals surface area contributed by atoms with Crippen molar-refractivity contribution in [1.29, 1.82) is 0 Å². The minimum absolute atomic E-state index is 0.223. The van der Waals surface area contributed by atoms with Gasteiger partial charge in [0.15, 0.2) is 6.29 Å². The van der Waals surface area contributed by atoms with Crippen LogP contribution in [0.1, 0.15) is 20.3 Å². The van der Waals surface area contributed by atoms with Crippen LogP contribution in [0.4, 0.5) is 5.69 Å². The van der Waals surface area contributed by atoms with Crippen LogP contribution < -0.4 is 5.32 Å². The summed E-state index contributed by atoms with van der Waals surface area (Å²) < 4.78 is 5.05. The van der Waals surface area contributed by atoms with E-state index in [9.17, 15) is 9.90 Å². The SMILES string of the molecule is CCOC(O)C(CC)C(=O)Nc1ccccc1. The summed E-state index contributed by atoms with van der Waals surface area (Å²) in [6.45, 7) is 4.01. The van der Waals surface area contributed by atoms with E-state index >= 15 is 0 Å². The molecule has 94 valence electrons. The smallest absolute Gasteiger partial charge is 0.232 e. The first-order valence-electron chi connectivity index (χ1n) is 5.84. The topological polar surface area (TPSA) is 58.6 Å². The van der Waals surface area contributed by atoms with Crippen molar-refractivity contribution in [2.75, 3.05) is 11.9 Å². The Bertz CT molecular complexity index is 340. The standard InChI is InChI=1S/C13H19NO3/c1-3-11(13(16)17-4-2)12(15)14-10-8-6-5-7-9-10/h5-9,11,13,16H,3-4H2,1-2H3,(H,14,15). The number of aliphatic hydroxyl groups excluding tert-OH is 1. The largest absolute Gasteiger partial charge is 0.367 e. The molecule has 0 heterocycles. The summed E-state index contributed by atoms with van der Waals surface area (Å²) in [5.74, 6) is -0.769. The van der Waals surface area contributed by atoms with Gasteiger partial charge in [-0.15, -0.1) is 0 Å². The van der Waals surface area contributed by atoms with E-state index in [0.717, 1.165) is 5.69 Å². The maximum atomic E-state index is 11.9. The van der Waals surface area contributed by atoms with Crippen LogP contribution >= 0.6 is 0 Å². The van der Waals surface area contributed by atoms with Crippen LogP contribution in [-0.4, -0.2) is 23.9 Å². The molecule has 0 radical (unpaired) electrons. The third-order valence-electron chi connectivity index (χ3n) is 2.50. The number of ether oxygens (including phenoxy) is 1. The van der Waals surface area contributed by atoms with E-state index in [1.807, 2.05) is 25.1 Å². The summed E-state index contributed by atoms with van der Waals surface area (Å²) in [5, 5.41) is 12.4. The molecule has 0 saturated carbocycles. The predicted molar refractivity (Wildman–Crippen MR) is 66.5 cm³/mol. The number of para-hydroxylation sites is 1. The number of amides is 1. The average molecular weight is 237 g/mol. The number of anilines is 1. The first-order valence-corrected chi connectivity index (χ1v) is 5.84. The molecular weight excluding hydrogens is 218 g/mol. The highest BCUT2D eigenvalue weighted by atomic mass is 16.6. The Morgan fingerprint density at radius 1 is 1.35 bits per heavy atom. The quantitative estimate of drug-likeness (QED) is 0.744. The Morgan fingerprint density at radius 3 is 2.53 bits per heavy atom. The first-order chi connectivity index (χ1) is 8.19. The molecule has 1 rings (SSSR count). The molecule has 0 spiro atoms. The fourth-order valence-electron chi connectivity index (χ4n) is 1.56. The van der Waals surface area contributed by atoms with Gasteiger partial charge in [-0.25, -0.2) is 0 Å². The number of rotatable bonds is 6. The number of benzene rings is 1. The molecule has 1 aromatic rings. The maximum absolute atomic E-state index is 11.9. The Labute approximate surface area is 102 Å². The summed E-state index contributed by atoms with van der Waals surface area (Å²) in [6.07, 6.45) is -0.520.